The summed E-state index contributed by atoms with van der Waals surface area (Å²) in [5.41, 5.74) is 5.73. The maximum Gasteiger partial charge on any atom is 0.127 e. The topological polar surface area (TPSA) is 64.0 Å². The highest BCUT2D eigenvalue weighted by Gasteiger charge is 2.25. The maximum absolute atomic E-state index is 5.37. The molecule has 3 heterocycles. The largest absolute Gasteiger partial charge is 0.497 e. The molecule has 1 saturated carbocycles. The van der Waals surface area contributed by atoms with Gasteiger partial charge in [0.2, 0.25) is 0 Å². The van der Waals surface area contributed by atoms with Crippen molar-refractivity contribution in [3.63, 3.8) is 0 Å². The second-order valence-corrected chi connectivity index (χ2v) is 8.58. The average molecular weight is 416 g/mol. The molecule has 2 N–H and O–H groups in total. The van der Waals surface area contributed by atoms with E-state index < -0.39 is 0 Å². The third-order valence-electron chi connectivity index (χ3n) is 6.41. The molecule has 0 saturated heterocycles. The molecule has 0 bridgehead atoms. The Morgan fingerprint density at radius 2 is 2.03 bits per heavy atom. The SMILES string of the molecule is COc1ccc2c(C)cc(N[C@H]3CC[C@H](NCc4cn(C)c5cccnc45)C3)nc2c1. The maximum atomic E-state index is 5.37. The van der Waals surface area contributed by atoms with Gasteiger partial charge in [-0.3, -0.25) is 4.98 Å². The van der Waals surface area contributed by atoms with Gasteiger partial charge in [-0.25, -0.2) is 4.98 Å². The number of hydrogen-bond acceptors (Lipinski definition) is 5. The van der Waals surface area contributed by atoms with Crippen molar-refractivity contribution < 1.29 is 4.74 Å². The molecule has 1 aliphatic rings. The Hall–Kier alpha value is -3.12. The number of aryl methyl sites for hydroxylation is 2. The molecular weight excluding hydrogens is 386 g/mol. The van der Waals surface area contributed by atoms with Crippen molar-refractivity contribution in [3.8, 4) is 5.75 Å². The predicted molar refractivity (Wildman–Crippen MR) is 126 cm³/mol. The number of nitrogens with zero attached hydrogens (tertiary/aromatic N) is 3. The number of hydrogen-bond donors (Lipinski definition) is 2. The van der Waals surface area contributed by atoms with Gasteiger partial charge < -0.3 is 19.9 Å². The highest BCUT2D eigenvalue weighted by atomic mass is 16.5. The van der Waals surface area contributed by atoms with Crippen LogP contribution in [0.25, 0.3) is 21.9 Å². The average Bonchev–Trinajstić information content (AvgIpc) is 3.36. The van der Waals surface area contributed by atoms with E-state index >= 15 is 0 Å². The number of rotatable bonds is 6. The molecule has 0 radical (unpaired) electrons. The zero-order chi connectivity index (χ0) is 21.4. The van der Waals surface area contributed by atoms with Gasteiger partial charge in [0.25, 0.3) is 0 Å². The van der Waals surface area contributed by atoms with Crippen molar-refractivity contribution in [1.29, 1.82) is 0 Å². The highest BCUT2D eigenvalue weighted by Crippen LogP contribution is 2.28. The van der Waals surface area contributed by atoms with E-state index in [0.717, 1.165) is 48.4 Å². The Balaban J connectivity index is 1.24. The Kier molecular flexibility index (Phi) is 5.24. The summed E-state index contributed by atoms with van der Waals surface area (Å²) in [6.45, 7) is 2.98. The molecule has 0 spiro atoms. The van der Waals surface area contributed by atoms with Gasteiger partial charge >= 0.3 is 0 Å². The third-order valence-corrected chi connectivity index (χ3v) is 6.41. The molecule has 0 aliphatic heterocycles. The first-order valence-electron chi connectivity index (χ1n) is 10.9. The summed E-state index contributed by atoms with van der Waals surface area (Å²) in [5, 5.41) is 8.58. The normalized spacial score (nSPS) is 18.7. The van der Waals surface area contributed by atoms with Crippen LogP contribution in [0.1, 0.15) is 30.4 Å². The number of aromatic nitrogens is 3. The van der Waals surface area contributed by atoms with Crippen LogP contribution in [0.4, 0.5) is 5.82 Å². The van der Waals surface area contributed by atoms with Crippen molar-refractivity contribution in [3.05, 3.63) is 59.9 Å². The van der Waals surface area contributed by atoms with E-state index in [-0.39, 0.29) is 0 Å². The Morgan fingerprint density at radius 3 is 2.90 bits per heavy atom. The minimum atomic E-state index is 0.429. The van der Waals surface area contributed by atoms with Crippen LogP contribution >= 0.6 is 0 Å². The number of nitrogens with one attached hydrogen (secondary N) is 2. The minimum Gasteiger partial charge on any atom is -0.497 e. The van der Waals surface area contributed by atoms with Crippen LogP contribution in [0.3, 0.4) is 0 Å². The first kappa shape index (κ1) is 19.8. The van der Waals surface area contributed by atoms with Gasteiger partial charge in [-0.1, -0.05) is 0 Å². The van der Waals surface area contributed by atoms with E-state index in [1.165, 1.54) is 22.0 Å². The highest BCUT2D eigenvalue weighted by molar-refractivity contribution is 5.85. The Labute approximate surface area is 182 Å². The van der Waals surface area contributed by atoms with Crippen LogP contribution in [-0.2, 0) is 13.6 Å². The minimum absolute atomic E-state index is 0.429. The lowest BCUT2D eigenvalue weighted by Gasteiger charge is -2.16. The van der Waals surface area contributed by atoms with E-state index in [4.69, 9.17) is 9.72 Å². The molecule has 6 nitrogen and oxygen atoms in total. The van der Waals surface area contributed by atoms with E-state index in [9.17, 15) is 0 Å². The van der Waals surface area contributed by atoms with Crippen molar-refractivity contribution in [1.82, 2.24) is 19.9 Å². The summed E-state index contributed by atoms with van der Waals surface area (Å²) in [5.74, 6) is 1.78. The number of benzene rings is 1. The number of ether oxygens (including phenoxy) is 1. The van der Waals surface area contributed by atoms with E-state index in [1.807, 2.05) is 24.4 Å². The molecule has 1 aromatic carbocycles. The molecule has 2 atom stereocenters. The lowest BCUT2D eigenvalue weighted by atomic mass is 10.1. The van der Waals surface area contributed by atoms with Crippen molar-refractivity contribution >= 4 is 27.8 Å². The summed E-state index contributed by atoms with van der Waals surface area (Å²) in [6.07, 6.45) is 7.45. The van der Waals surface area contributed by atoms with Crippen LogP contribution in [0.15, 0.2) is 48.8 Å². The molecule has 4 aromatic rings. The quantitative estimate of drug-likeness (QED) is 0.483. The second kappa shape index (κ2) is 8.19. The van der Waals surface area contributed by atoms with Gasteiger partial charge in [0.15, 0.2) is 0 Å². The van der Waals surface area contributed by atoms with Crippen LogP contribution in [-0.4, -0.2) is 33.7 Å². The summed E-state index contributed by atoms with van der Waals surface area (Å²) in [6, 6.07) is 13.3. The van der Waals surface area contributed by atoms with E-state index in [1.54, 1.807) is 7.11 Å². The second-order valence-electron chi connectivity index (χ2n) is 8.58. The molecule has 0 amide bonds. The molecule has 6 heteroatoms. The molecule has 3 aromatic heterocycles. The zero-order valence-corrected chi connectivity index (χ0v) is 18.4. The Bertz CT molecular complexity index is 1230. The summed E-state index contributed by atoms with van der Waals surface area (Å²) in [4.78, 5) is 9.41. The van der Waals surface area contributed by atoms with Crippen LogP contribution in [0, 0.1) is 6.92 Å². The first-order chi connectivity index (χ1) is 15.1. The van der Waals surface area contributed by atoms with E-state index in [0.29, 0.717) is 12.1 Å². The number of pyridine rings is 2. The molecular formula is C25H29N5O. The lowest BCUT2D eigenvalue weighted by molar-refractivity contribution is 0.415. The zero-order valence-electron chi connectivity index (χ0n) is 18.4. The van der Waals surface area contributed by atoms with Crippen molar-refractivity contribution in [2.24, 2.45) is 7.05 Å². The lowest BCUT2D eigenvalue weighted by Crippen LogP contribution is -2.27. The molecule has 1 fully saturated rings. The van der Waals surface area contributed by atoms with Gasteiger partial charge in [-0.15, -0.1) is 0 Å². The van der Waals surface area contributed by atoms with Gasteiger partial charge in [-0.05, 0) is 62.1 Å². The first-order valence-corrected chi connectivity index (χ1v) is 10.9. The summed E-state index contributed by atoms with van der Waals surface area (Å²) < 4.78 is 7.52. The van der Waals surface area contributed by atoms with Gasteiger partial charge in [0.1, 0.15) is 11.6 Å². The predicted octanol–water partition coefficient (Wildman–Crippen LogP) is 4.56. The summed E-state index contributed by atoms with van der Waals surface area (Å²) in [7, 11) is 3.77. The van der Waals surface area contributed by atoms with Crippen molar-refractivity contribution in [2.45, 2.75) is 44.8 Å². The third kappa shape index (κ3) is 3.95. The van der Waals surface area contributed by atoms with Crippen LogP contribution in [0.2, 0.25) is 0 Å². The number of methoxy groups -OCH3 is 1. The fraction of sp³-hybridized carbons (Fsp3) is 0.360. The molecule has 160 valence electrons. The molecule has 1 aliphatic carbocycles. The van der Waals surface area contributed by atoms with Crippen LogP contribution < -0.4 is 15.4 Å². The number of fused-ring (bicyclic) bond motifs is 2. The molecule has 0 unspecified atom stereocenters. The van der Waals surface area contributed by atoms with Crippen LogP contribution in [0.5, 0.6) is 5.75 Å². The molecule has 5 rings (SSSR count). The van der Waals surface area contributed by atoms with Crippen molar-refractivity contribution in [2.75, 3.05) is 12.4 Å². The monoisotopic (exact) mass is 415 g/mol. The van der Waals surface area contributed by atoms with Gasteiger partial charge in [-0.2, -0.15) is 0 Å². The van der Waals surface area contributed by atoms with E-state index in [2.05, 4.69) is 58.6 Å². The van der Waals surface area contributed by atoms with Gasteiger partial charge in [0.05, 0.1) is 23.7 Å². The fourth-order valence-electron chi connectivity index (χ4n) is 4.77. The Morgan fingerprint density at radius 1 is 1.16 bits per heavy atom. The summed E-state index contributed by atoms with van der Waals surface area (Å²) >= 11 is 0. The van der Waals surface area contributed by atoms with Gasteiger partial charge in [0, 0.05) is 55.1 Å². The smallest absolute Gasteiger partial charge is 0.127 e. The fourth-order valence-corrected chi connectivity index (χ4v) is 4.77. The number of anilines is 1. The standard InChI is InChI=1S/C25H29N5O/c1-16-11-24(29-22-13-20(31-3)8-9-21(16)22)28-19-7-6-18(12-19)27-14-17-15-30(2)23-5-4-10-26-25(17)23/h4-5,8-11,13,15,18-19,27H,6-7,12,14H2,1-3H3,(H,28,29)/t18-,19-/m0/s1. The molecule has 31 heavy (non-hydrogen) atoms.